The fourth-order valence-corrected chi connectivity index (χ4v) is 1.41. The molecular formula is C10H10N2O2. The van der Waals surface area contributed by atoms with Gasteiger partial charge in [-0.15, -0.1) is 0 Å². The van der Waals surface area contributed by atoms with Gasteiger partial charge in [-0.25, -0.2) is 0 Å². The summed E-state index contributed by atoms with van der Waals surface area (Å²) in [7, 11) is 1.88. The molecule has 0 amide bonds. The van der Waals surface area contributed by atoms with E-state index < -0.39 is 0 Å². The lowest BCUT2D eigenvalue weighted by atomic mass is 10.2. The minimum atomic E-state index is 0.302. The van der Waals surface area contributed by atoms with Crippen LogP contribution in [0.15, 0.2) is 24.4 Å². The van der Waals surface area contributed by atoms with Gasteiger partial charge in [0.1, 0.15) is 6.61 Å². The van der Waals surface area contributed by atoms with Crippen molar-refractivity contribution < 1.29 is 9.53 Å². The van der Waals surface area contributed by atoms with E-state index >= 15 is 0 Å². The second kappa shape index (κ2) is 3.49. The maximum Gasteiger partial charge on any atom is 0.293 e. The van der Waals surface area contributed by atoms with Crippen molar-refractivity contribution in [3.8, 4) is 0 Å². The number of carbonyl (C=O) groups excluding carboxylic acids is 1. The van der Waals surface area contributed by atoms with E-state index in [9.17, 15) is 4.79 Å². The summed E-state index contributed by atoms with van der Waals surface area (Å²) in [5.41, 5.74) is 1.86. The number of fused-ring (bicyclic) bond motifs is 1. The van der Waals surface area contributed by atoms with Gasteiger partial charge in [-0.3, -0.25) is 9.48 Å². The Balaban J connectivity index is 2.35. The molecule has 1 aromatic heterocycles. The molecule has 0 unspecified atom stereocenters. The first-order valence-corrected chi connectivity index (χ1v) is 4.27. The minimum absolute atomic E-state index is 0.302. The number of aromatic nitrogens is 2. The smallest absolute Gasteiger partial charge is 0.293 e. The Labute approximate surface area is 81.1 Å². The van der Waals surface area contributed by atoms with E-state index in [1.54, 1.807) is 4.68 Å². The van der Waals surface area contributed by atoms with Gasteiger partial charge >= 0.3 is 0 Å². The van der Waals surface area contributed by atoms with Crippen molar-refractivity contribution in [2.75, 3.05) is 0 Å². The molecule has 0 fully saturated rings. The Bertz CT molecular complexity index is 462. The van der Waals surface area contributed by atoms with Crippen molar-refractivity contribution in [2.24, 2.45) is 7.05 Å². The van der Waals surface area contributed by atoms with Gasteiger partial charge in [-0.2, -0.15) is 5.10 Å². The van der Waals surface area contributed by atoms with Crippen LogP contribution in [0.4, 0.5) is 0 Å². The molecule has 0 saturated heterocycles. The number of ether oxygens (including phenoxy) is 1. The Morgan fingerprint density at radius 3 is 3.21 bits per heavy atom. The number of carbonyl (C=O) groups is 1. The number of rotatable bonds is 3. The molecule has 0 aliphatic carbocycles. The molecule has 0 bridgehead atoms. The number of hydrogen-bond acceptors (Lipinski definition) is 3. The van der Waals surface area contributed by atoms with Crippen LogP contribution in [0.3, 0.4) is 0 Å². The van der Waals surface area contributed by atoms with E-state index in [0.29, 0.717) is 13.1 Å². The van der Waals surface area contributed by atoms with Crippen LogP contribution in [0, 0.1) is 0 Å². The number of aryl methyl sites for hydroxylation is 1. The zero-order valence-corrected chi connectivity index (χ0v) is 7.80. The number of nitrogens with zero attached hydrogens (tertiary/aromatic N) is 2. The molecule has 0 atom stereocenters. The molecule has 72 valence electrons. The molecule has 1 aromatic carbocycles. The van der Waals surface area contributed by atoms with Crippen LogP contribution in [0.5, 0.6) is 0 Å². The monoisotopic (exact) mass is 190 g/mol. The predicted octanol–water partition coefficient (Wildman–Crippen LogP) is 1.25. The van der Waals surface area contributed by atoms with E-state index in [4.69, 9.17) is 0 Å². The zero-order valence-electron chi connectivity index (χ0n) is 7.80. The molecular weight excluding hydrogens is 180 g/mol. The normalized spacial score (nSPS) is 10.4. The average Bonchev–Trinajstić information content (AvgIpc) is 2.54. The van der Waals surface area contributed by atoms with E-state index in [0.717, 1.165) is 16.5 Å². The molecule has 0 aliphatic rings. The molecule has 0 N–H and O–H groups in total. The van der Waals surface area contributed by atoms with Crippen molar-refractivity contribution >= 4 is 17.4 Å². The highest BCUT2D eigenvalue weighted by Crippen LogP contribution is 2.14. The van der Waals surface area contributed by atoms with Gasteiger partial charge in [0.25, 0.3) is 6.47 Å². The zero-order chi connectivity index (χ0) is 9.97. The first-order chi connectivity index (χ1) is 6.79. The predicted molar refractivity (Wildman–Crippen MR) is 51.6 cm³/mol. The molecule has 1 heterocycles. The summed E-state index contributed by atoms with van der Waals surface area (Å²) >= 11 is 0. The minimum Gasteiger partial charge on any atom is -0.463 e. The first kappa shape index (κ1) is 8.74. The summed E-state index contributed by atoms with van der Waals surface area (Å²) in [4.78, 5) is 10.0. The Morgan fingerprint density at radius 1 is 1.57 bits per heavy atom. The SMILES string of the molecule is Cn1cc2ccc(COC=O)cc2n1. The van der Waals surface area contributed by atoms with Gasteiger partial charge < -0.3 is 4.74 Å². The average molecular weight is 190 g/mol. The second-order valence-electron chi connectivity index (χ2n) is 3.10. The third kappa shape index (κ3) is 1.59. The maximum absolute atomic E-state index is 10.0. The third-order valence-electron chi connectivity index (χ3n) is 2.00. The molecule has 0 aliphatic heterocycles. The van der Waals surface area contributed by atoms with Crippen LogP contribution in [-0.4, -0.2) is 16.3 Å². The Morgan fingerprint density at radius 2 is 2.43 bits per heavy atom. The van der Waals surface area contributed by atoms with Gasteiger partial charge in [0.15, 0.2) is 0 Å². The highest BCUT2D eigenvalue weighted by molar-refractivity contribution is 5.78. The number of hydrogen-bond donors (Lipinski definition) is 0. The topological polar surface area (TPSA) is 44.1 Å². The van der Waals surface area contributed by atoms with E-state index in [1.807, 2.05) is 31.4 Å². The molecule has 2 rings (SSSR count). The van der Waals surface area contributed by atoms with Gasteiger partial charge in [0, 0.05) is 18.6 Å². The highest BCUT2D eigenvalue weighted by atomic mass is 16.5. The molecule has 4 heteroatoms. The van der Waals surface area contributed by atoms with Gasteiger partial charge in [0.2, 0.25) is 0 Å². The van der Waals surface area contributed by atoms with Gasteiger partial charge in [0.05, 0.1) is 5.52 Å². The lowest BCUT2D eigenvalue weighted by Gasteiger charge is -1.97. The summed E-state index contributed by atoms with van der Waals surface area (Å²) < 4.78 is 6.42. The van der Waals surface area contributed by atoms with Crippen molar-refractivity contribution in [1.29, 1.82) is 0 Å². The molecule has 0 spiro atoms. The lowest BCUT2D eigenvalue weighted by Crippen LogP contribution is -1.89. The summed E-state index contributed by atoms with van der Waals surface area (Å²) in [6.45, 7) is 0.749. The van der Waals surface area contributed by atoms with Crippen LogP contribution >= 0.6 is 0 Å². The summed E-state index contributed by atoms with van der Waals surface area (Å²) in [5.74, 6) is 0. The molecule has 2 aromatic rings. The van der Waals surface area contributed by atoms with Crippen LogP contribution in [0.25, 0.3) is 10.9 Å². The summed E-state index contributed by atoms with van der Waals surface area (Å²) in [5, 5.41) is 5.34. The molecule has 0 radical (unpaired) electrons. The second-order valence-corrected chi connectivity index (χ2v) is 3.10. The van der Waals surface area contributed by atoms with Crippen LogP contribution in [-0.2, 0) is 23.2 Å². The maximum atomic E-state index is 10.0. The van der Waals surface area contributed by atoms with Crippen molar-refractivity contribution in [1.82, 2.24) is 9.78 Å². The third-order valence-corrected chi connectivity index (χ3v) is 2.00. The van der Waals surface area contributed by atoms with Crippen LogP contribution < -0.4 is 0 Å². The number of benzene rings is 1. The van der Waals surface area contributed by atoms with E-state index in [1.165, 1.54) is 0 Å². The standard InChI is InChI=1S/C10H10N2O2/c1-12-5-9-3-2-8(6-14-7-13)4-10(9)11-12/h2-5,7H,6H2,1H3. The lowest BCUT2D eigenvalue weighted by molar-refractivity contribution is -0.129. The van der Waals surface area contributed by atoms with Gasteiger partial charge in [-0.1, -0.05) is 12.1 Å². The van der Waals surface area contributed by atoms with E-state index in [-0.39, 0.29) is 0 Å². The van der Waals surface area contributed by atoms with Crippen molar-refractivity contribution in [3.63, 3.8) is 0 Å². The Hall–Kier alpha value is -1.84. The molecule has 4 nitrogen and oxygen atoms in total. The quantitative estimate of drug-likeness (QED) is 0.684. The van der Waals surface area contributed by atoms with Crippen molar-refractivity contribution in [2.45, 2.75) is 6.61 Å². The fraction of sp³-hybridized carbons (Fsp3) is 0.200. The fourth-order valence-electron chi connectivity index (χ4n) is 1.41. The first-order valence-electron chi connectivity index (χ1n) is 4.27. The summed E-state index contributed by atoms with van der Waals surface area (Å²) in [6, 6.07) is 5.80. The highest BCUT2D eigenvalue weighted by Gasteiger charge is 1.99. The van der Waals surface area contributed by atoms with Crippen LogP contribution in [0.1, 0.15) is 5.56 Å². The van der Waals surface area contributed by atoms with E-state index in [2.05, 4.69) is 9.84 Å². The largest absolute Gasteiger partial charge is 0.463 e. The molecule has 14 heavy (non-hydrogen) atoms. The van der Waals surface area contributed by atoms with Crippen molar-refractivity contribution in [3.05, 3.63) is 30.0 Å². The Kier molecular flexibility index (Phi) is 2.18. The molecule has 0 saturated carbocycles. The van der Waals surface area contributed by atoms with Crippen LogP contribution in [0.2, 0.25) is 0 Å². The van der Waals surface area contributed by atoms with Gasteiger partial charge in [-0.05, 0) is 11.6 Å². The summed E-state index contributed by atoms with van der Waals surface area (Å²) in [6.07, 6.45) is 1.94.